The molecule has 0 atom stereocenters. The van der Waals surface area contributed by atoms with Gasteiger partial charge in [-0.05, 0) is 30.9 Å². The van der Waals surface area contributed by atoms with Crippen LogP contribution in [0.25, 0.3) is 11.1 Å². The zero-order valence-electron chi connectivity index (χ0n) is 12.3. The second-order valence-electron chi connectivity index (χ2n) is 6.17. The first-order valence-corrected chi connectivity index (χ1v) is 7.57. The van der Waals surface area contributed by atoms with E-state index in [1.807, 2.05) is 18.2 Å². The summed E-state index contributed by atoms with van der Waals surface area (Å²) in [5, 5.41) is 0. The normalized spacial score (nSPS) is 16.4. The molecular weight excluding hydrogens is 250 g/mol. The Morgan fingerprint density at radius 1 is 1.35 bits per heavy atom. The Labute approximate surface area is 120 Å². The van der Waals surface area contributed by atoms with E-state index in [0.717, 1.165) is 23.7 Å². The molecule has 108 valence electrons. The molecule has 1 aromatic carbocycles. The van der Waals surface area contributed by atoms with Crippen LogP contribution in [0.5, 0.6) is 0 Å². The third kappa shape index (κ3) is 2.47. The van der Waals surface area contributed by atoms with Crippen molar-refractivity contribution >= 4 is 22.8 Å². The second kappa shape index (κ2) is 5.35. The van der Waals surface area contributed by atoms with E-state index in [4.69, 9.17) is 10.2 Å². The highest BCUT2D eigenvalue weighted by molar-refractivity contribution is 5.86. The Balaban J connectivity index is 1.97. The van der Waals surface area contributed by atoms with Crippen LogP contribution in [0, 0.1) is 5.92 Å². The molecule has 1 heterocycles. The lowest BCUT2D eigenvalue weighted by Gasteiger charge is -2.28. The number of aromatic nitrogens is 1. The average molecular weight is 273 g/mol. The molecule has 0 radical (unpaired) electrons. The van der Waals surface area contributed by atoms with Gasteiger partial charge < -0.3 is 15.1 Å². The molecule has 3 rings (SSSR count). The summed E-state index contributed by atoms with van der Waals surface area (Å²) in [7, 11) is 0. The van der Waals surface area contributed by atoms with E-state index in [1.54, 1.807) is 0 Å². The maximum absolute atomic E-state index is 5.98. The summed E-state index contributed by atoms with van der Waals surface area (Å²) < 4.78 is 5.96. The molecule has 0 unspecified atom stereocenters. The fourth-order valence-corrected chi connectivity index (χ4v) is 3.07. The zero-order chi connectivity index (χ0) is 14.1. The molecule has 0 aliphatic heterocycles. The van der Waals surface area contributed by atoms with E-state index in [1.165, 1.54) is 25.7 Å². The fraction of sp³-hybridized carbons (Fsp3) is 0.562. The molecule has 4 heteroatoms. The number of hydrogen-bond donors (Lipinski definition) is 1. The van der Waals surface area contributed by atoms with E-state index in [-0.39, 0.29) is 0 Å². The summed E-state index contributed by atoms with van der Waals surface area (Å²) in [5.41, 5.74) is 8.24. The van der Waals surface area contributed by atoms with Gasteiger partial charge in [-0.3, -0.25) is 0 Å². The molecule has 20 heavy (non-hydrogen) atoms. The van der Waals surface area contributed by atoms with Crippen molar-refractivity contribution in [2.45, 2.75) is 45.6 Å². The first-order valence-electron chi connectivity index (χ1n) is 7.57. The van der Waals surface area contributed by atoms with Crippen LogP contribution in [0.15, 0.2) is 22.6 Å². The third-order valence-electron chi connectivity index (χ3n) is 4.01. The maximum atomic E-state index is 5.98. The molecule has 2 N–H and O–H groups in total. The van der Waals surface area contributed by atoms with Crippen LogP contribution in [0.1, 0.15) is 39.5 Å². The monoisotopic (exact) mass is 273 g/mol. The van der Waals surface area contributed by atoms with Gasteiger partial charge in [0.1, 0.15) is 5.52 Å². The Morgan fingerprint density at radius 3 is 2.75 bits per heavy atom. The standard InChI is InChI=1S/C16H23N3O/c1-11(2)10-19(12-6-3-4-7-12)16-18-15-13(17)8-5-9-14(15)20-16/h5,8-9,11-12H,3-4,6-7,10,17H2,1-2H3. The van der Waals surface area contributed by atoms with Gasteiger partial charge in [0.15, 0.2) is 5.58 Å². The Kier molecular flexibility index (Phi) is 3.55. The molecule has 1 aromatic heterocycles. The van der Waals surface area contributed by atoms with Gasteiger partial charge in [-0.1, -0.05) is 32.8 Å². The van der Waals surface area contributed by atoms with Gasteiger partial charge in [-0.25, -0.2) is 0 Å². The molecule has 4 nitrogen and oxygen atoms in total. The minimum absolute atomic E-state index is 0.562. The highest BCUT2D eigenvalue weighted by atomic mass is 16.4. The van der Waals surface area contributed by atoms with Crippen LogP contribution in [0.2, 0.25) is 0 Å². The largest absolute Gasteiger partial charge is 0.423 e. The number of nitrogens with zero attached hydrogens (tertiary/aromatic N) is 2. The van der Waals surface area contributed by atoms with E-state index in [2.05, 4.69) is 23.7 Å². The van der Waals surface area contributed by atoms with Crippen LogP contribution in [-0.2, 0) is 0 Å². The summed E-state index contributed by atoms with van der Waals surface area (Å²) in [5.74, 6) is 0.586. The number of nitrogens with two attached hydrogens (primary N) is 1. The van der Waals surface area contributed by atoms with Crippen LogP contribution in [0.4, 0.5) is 11.7 Å². The van der Waals surface area contributed by atoms with Crippen LogP contribution < -0.4 is 10.6 Å². The summed E-state index contributed by atoms with van der Waals surface area (Å²) in [6, 6.07) is 7.02. The van der Waals surface area contributed by atoms with Gasteiger partial charge in [0.2, 0.25) is 0 Å². The van der Waals surface area contributed by atoms with Crippen molar-refractivity contribution in [2.24, 2.45) is 5.92 Å². The van der Waals surface area contributed by atoms with Gasteiger partial charge in [-0.15, -0.1) is 0 Å². The van der Waals surface area contributed by atoms with Gasteiger partial charge >= 0.3 is 0 Å². The quantitative estimate of drug-likeness (QED) is 0.860. The molecule has 1 fully saturated rings. The van der Waals surface area contributed by atoms with E-state index >= 15 is 0 Å². The number of benzene rings is 1. The van der Waals surface area contributed by atoms with Gasteiger partial charge in [0.25, 0.3) is 6.01 Å². The number of para-hydroxylation sites is 1. The molecule has 1 aliphatic rings. The first kappa shape index (κ1) is 13.3. The van der Waals surface area contributed by atoms with Crippen LogP contribution in [0.3, 0.4) is 0 Å². The number of anilines is 2. The highest BCUT2D eigenvalue weighted by Gasteiger charge is 2.27. The summed E-state index contributed by atoms with van der Waals surface area (Å²) in [6.07, 6.45) is 5.09. The smallest absolute Gasteiger partial charge is 0.298 e. The summed E-state index contributed by atoms with van der Waals surface area (Å²) >= 11 is 0. The molecule has 1 saturated carbocycles. The molecular formula is C16H23N3O. The van der Waals surface area contributed by atoms with E-state index in [0.29, 0.717) is 17.6 Å². The second-order valence-corrected chi connectivity index (χ2v) is 6.17. The zero-order valence-corrected chi connectivity index (χ0v) is 12.3. The lowest BCUT2D eigenvalue weighted by Crippen LogP contribution is -2.36. The Bertz CT molecular complexity index is 584. The maximum Gasteiger partial charge on any atom is 0.298 e. The van der Waals surface area contributed by atoms with Crippen LogP contribution >= 0.6 is 0 Å². The topological polar surface area (TPSA) is 55.3 Å². The fourth-order valence-electron chi connectivity index (χ4n) is 3.07. The Morgan fingerprint density at radius 2 is 2.10 bits per heavy atom. The predicted molar refractivity (Wildman–Crippen MR) is 82.9 cm³/mol. The molecule has 0 saturated heterocycles. The molecule has 2 aromatic rings. The van der Waals surface area contributed by atoms with E-state index < -0.39 is 0 Å². The van der Waals surface area contributed by atoms with Crippen molar-refractivity contribution < 1.29 is 4.42 Å². The van der Waals surface area contributed by atoms with Gasteiger partial charge in [0.05, 0.1) is 5.69 Å². The highest BCUT2D eigenvalue weighted by Crippen LogP contribution is 2.32. The molecule has 0 bridgehead atoms. The number of rotatable bonds is 4. The number of nitrogen functional groups attached to an aromatic ring is 1. The van der Waals surface area contributed by atoms with Crippen molar-refractivity contribution in [1.29, 1.82) is 0 Å². The molecule has 1 aliphatic carbocycles. The molecule has 0 spiro atoms. The number of fused-ring (bicyclic) bond motifs is 1. The van der Waals surface area contributed by atoms with Crippen LogP contribution in [-0.4, -0.2) is 17.6 Å². The first-order chi connectivity index (χ1) is 9.65. The van der Waals surface area contributed by atoms with Crippen molar-refractivity contribution in [1.82, 2.24) is 4.98 Å². The lowest BCUT2D eigenvalue weighted by atomic mass is 10.1. The Hall–Kier alpha value is -1.71. The van der Waals surface area contributed by atoms with Crippen molar-refractivity contribution in [3.63, 3.8) is 0 Å². The van der Waals surface area contributed by atoms with E-state index in [9.17, 15) is 0 Å². The molecule has 0 amide bonds. The summed E-state index contributed by atoms with van der Waals surface area (Å²) in [4.78, 5) is 6.99. The SMILES string of the molecule is CC(C)CN(c1nc2c(N)cccc2o1)C1CCCC1. The third-order valence-corrected chi connectivity index (χ3v) is 4.01. The van der Waals surface area contributed by atoms with Gasteiger partial charge in [-0.2, -0.15) is 4.98 Å². The van der Waals surface area contributed by atoms with Crippen molar-refractivity contribution in [3.8, 4) is 0 Å². The minimum atomic E-state index is 0.562. The predicted octanol–water partition coefficient (Wildman–Crippen LogP) is 3.82. The van der Waals surface area contributed by atoms with Crippen molar-refractivity contribution in [2.75, 3.05) is 17.2 Å². The van der Waals surface area contributed by atoms with Gasteiger partial charge in [0, 0.05) is 12.6 Å². The number of oxazole rings is 1. The van der Waals surface area contributed by atoms with Crippen molar-refractivity contribution in [3.05, 3.63) is 18.2 Å². The summed E-state index contributed by atoms with van der Waals surface area (Å²) in [6.45, 7) is 5.45. The average Bonchev–Trinajstić information content (AvgIpc) is 3.05. The minimum Gasteiger partial charge on any atom is -0.423 e. The lowest BCUT2D eigenvalue weighted by molar-refractivity contribution is 0.476. The number of hydrogen-bond acceptors (Lipinski definition) is 4.